The van der Waals surface area contributed by atoms with E-state index in [1.807, 2.05) is 36.2 Å². The summed E-state index contributed by atoms with van der Waals surface area (Å²) in [6, 6.07) is 6.64. The molecule has 1 saturated heterocycles. The van der Waals surface area contributed by atoms with Gasteiger partial charge in [-0.25, -0.2) is 0 Å². The molecule has 1 atom stereocenters. The minimum absolute atomic E-state index is 0. The highest BCUT2D eigenvalue weighted by molar-refractivity contribution is 5.92. The lowest BCUT2D eigenvalue weighted by Gasteiger charge is -2.28. The lowest BCUT2D eigenvalue weighted by atomic mass is 10.1. The Morgan fingerprint density at radius 2 is 2.04 bits per heavy atom. The second-order valence-corrected chi connectivity index (χ2v) is 6.80. The van der Waals surface area contributed by atoms with Crippen molar-refractivity contribution >= 4 is 24.4 Å². The number of benzene rings is 1. The SMILES string of the molecule is CCC(CC)N1CCC(N(C)C(=O)C=Cc2ccc3c(c2)OCO3)C1.Cl. The molecule has 0 aromatic heterocycles. The van der Waals surface area contributed by atoms with Crippen LogP contribution in [0.1, 0.15) is 38.7 Å². The van der Waals surface area contributed by atoms with Crippen molar-refractivity contribution in [2.24, 2.45) is 0 Å². The third kappa shape index (κ3) is 4.51. The maximum atomic E-state index is 12.5. The summed E-state index contributed by atoms with van der Waals surface area (Å²) in [6.45, 7) is 6.81. The van der Waals surface area contributed by atoms with Gasteiger partial charge in [-0.15, -0.1) is 12.4 Å². The molecule has 1 aromatic carbocycles. The first-order valence-corrected chi connectivity index (χ1v) is 9.21. The molecule has 26 heavy (non-hydrogen) atoms. The van der Waals surface area contributed by atoms with Crippen LogP contribution in [0.4, 0.5) is 0 Å². The molecule has 6 heteroatoms. The Labute approximate surface area is 162 Å². The van der Waals surface area contributed by atoms with Crippen molar-refractivity contribution in [2.75, 3.05) is 26.9 Å². The normalized spacial score (nSPS) is 19.2. The lowest BCUT2D eigenvalue weighted by molar-refractivity contribution is -0.126. The maximum Gasteiger partial charge on any atom is 0.246 e. The fourth-order valence-electron chi connectivity index (χ4n) is 3.70. The first-order chi connectivity index (χ1) is 12.1. The zero-order valence-electron chi connectivity index (χ0n) is 15.8. The van der Waals surface area contributed by atoms with E-state index in [1.54, 1.807) is 6.08 Å². The fraction of sp³-hybridized carbons (Fsp3) is 0.550. The second kappa shape index (κ2) is 9.28. The predicted molar refractivity (Wildman–Crippen MR) is 106 cm³/mol. The number of halogens is 1. The average molecular weight is 381 g/mol. The number of amides is 1. The van der Waals surface area contributed by atoms with E-state index in [-0.39, 0.29) is 25.1 Å². The number of ether oxygens (including phenoxy) is 2. The first-order valence-electron chi connectivity index (χ1n) is 9.21. The Balaban J connectivity index is 0.00000243. The van der Waals surface area contributed by atoms with Gasteiger partial charge in [-0.2, -0.15) is 0 Å². The fourth-order valence-corrected chi connectivity index (χ4v) is 3.70. The van der Waals surface area contributed by atoms with Gasteiger partial charge in [-0.1, -0.05) is 19.9 Å². The van der Waals surface area contributed by atoms with Gasteiger partial charge in [-0.3, -0.25) is 9.69 Å². The monoisotopic (exact) mass is 380 g/mol. The molecule has 0 spiro atoms. The van der Waals surface area contributed by atoms with Gasteiger partial charge < -0.3 is 14.4 Å². The van der Waals surface area contributed by atoms with Crippen LogP contribution in [-0.4, -0.2) is 54.7 Å². The first kappa shape index (κ1) is 20.6. The van der Waals surface area contributed by atoms with Gasteiger partial charge in [0.2, 0.25) is 12.7 Å². The van der Waals surface area contributed by atoms with E-state index in [4.69, 9.17) is 9.47 Å². The number of likely N-dealkylation sites (tertiary alicyclic amines) is 1. The number of hydrogen-bond acceptors (Lipinski definition) is 4. The van der Waals surface area contributed by atoms with E-state index in [1.165, 1.54) is 12.8 Å². The summed E-state index contributed by atoms with van der Waals surface area (Å²) in [5.41, 5.74) is 0.941. The number of nitrogens with zero attached hydrogens (tertiary/aromatic N) is 2. The van der Waals surface area contributed by atoms with E-state index < -0.39 is 0 Å². The van der Waals surface area contributed by atoms with Crippen LogP contribution < -0.4 is 9.47 Å². The number of fused-ring (bicyclic) bond motifs is 1. The van der Waals surface area contributed by atoms with Gasteiger partial charge in [0, 0.05) is 38.3 Å². The Kier molecular flexibility index (Phi) is 7.35. The highest BCUT2D eigenvalue weighted by atomic mass is 35.5. The highest BCUT2D eigenvalue weighted by Gasteiger charge is 2.30. The van der Waals surface area contributed by atoms with Gasteiger partial charge in [0.25, 0.3) is 0 Å². The molecular formula is C20H29ClN2O3. The van der Waals surface area contributed by atoms with Crippen LogP contribution in [-0.2, 0) is 4.79 Å². The van der Waals surface area contributed by atoms with Gasteiger partial charge in [0.15, 0.2) is 11.5 Å². The molecule has 3 rings (SSSR count). The van der Waals surface area contributed by atoms with E-state index in [0.29, 0.717) is 12.1 Å². The minimum Gasteiger partial charge on any atom is -0.454 e. The summed E-state index contributed by atoms with van der Waals surface area (Å²) in [4.78, 5) is 16.9. The van der Waals surface area contributed by atoms with Crippen LogP contribution in [0.25, 0.3) is 6.08 Å². The van der Waals surface area contributed by atoms with Crippen molar-refractivity contribution in [1.29, 1.82) is 0 Å². The average Bonchev–Trinajstić information content (AvgIpc) is 3.29. The molecule has 0 aliphatic carbocycles. The number of carbonyl (C=O) groups excluding carboxylic acids is 1. The molecule has 1 unspecified atom stereocenters. The minimum atomic E-state index is 0. The molecular weight excluding hydrogens is 352 g/mol. The van der Waals surface area contributed by atoms with Crippen LogP contribution in [0.3, 0.4) is 0 Å². The smallest absolute Gasteiger partial charge is 0.246 e. The third-order valence-corrected chi connectivity index (χ3v) is 5.36. The molecule has 0 radical (unpaired) electrons. The molecule has 0 N–H and O–H groups in total. The largest absolute Gasteiger partial charge is 0.454 e. The Bertz CT molecular complexity index is 646. The van der Waals surface area contributed by atoms with Crippen LogP contribution in [0.2, 0.25) is 0 Å². The van der Waals surface area contributed by atoms with Crippen LogP contribution in [0, 0.1) is 0 Å². The summed E-state index contributed by atoms with van der Waals surface area (Å²) < 4.78 is 10.7. The van der Waals surface area contributed by atoms with Crippen LogP contribution in [0.5, 0.6) is 11.5 Å². The van der Waals surface area contributed by atoms with Crippen molar-refractivity contribution in [3.8, 4) is 11.5 Å². The van der Waals surface area contributed by atoms with E-state index in [9.17, 15) is 4.79 Å². The van der Waals surface area contributed by atoms with Crippen LogP contribution >= 0.6 is 12.4 Å². The predicted octanol–water partition coefficient (Wildman–Crippen LogP) is 3.57. The third-order valence-electron chi connectivity index (χ3n) is 5.36. The van der Waals surface area contributed by atoms with Crippen LogP contribution in [0.15, 0.2) is 24.3 Å². The molecule has 1 aromatic rings. The number of carbonyl (C=O) groups is 1. The molecule has 144 valence electrons. The molecule has 2 heterocycles. The Hall–Kier alpha value is -1.72. The lowest BCUT2D eigenvalue weighted by Crippen LogP contribution is -2.40. The quantitative estimate of drug-likeness (QED) is 0.707. The summed E-state index contributed by atoms with van der Waals surface area (Å²) in [5.74, 6) is 1.54. The van der Waals surface area contributed by atoms with E-state index >= 15 is 0 Å². The number of rotatable bonds is 6. The van der Waals surface area contributed by atoms with Crippen molar-refractivity contribution < 1.29 is 14.3 Å². The molecule has 2 aliphatic rings. The maximum absolute atomic E-state index is 12.5. The summed E-state index contributed by atoms with van der Waals surface area (Å²) in [6.07, 6.45) is 6.89. The molecule has 0 bridgehead atoms. The number of hydrogen-bond donors (Lipinski definition) is 0. The summed E-state index contributed by atoms with van der Waals surface area (Å²) >= 11 is 0. The zero-order valence-corrected chi connectivity index (χ0v) is 16.6. The topological polar surface area (TPSA) is 42.0 Å². The second-order valence-electron chi connectivity index (χ2n) is 6.80. The van der Waals surface area contributed by atoms with Crippen molar-refractivity contribution in [3.05, 3.63) is 29.8 Å². The van der Waals surface area contributed by atoms with Crippen molar-refractivity contribution in [2.45, 2.75) is 45.2 Å². The van der Waals surface area contributed by atoms with Crippen molar-refractivity contribution in [3.63, 3.8) is 0 Å². The zero-order chi connectivity index (χ0) is 17.8. The number of likely N-dealkylation sites (N-methyl/N-ethyl adjacent to an activating group) is 1. The van der Waals surface area contributed by atoms with Crippen molar-refractivity contribution in [1.82, 2.24) is 9.80 Å². The summed E-state index contributed by atoms with van der Waals surface area (Å²) in [5, 5.41) is 0. The standard InChI is InChI=1S/C20H28N2O3.ClH/c1-4-16(5-2)22-11-10-17(13-22)21(3)20(23)9-7-15-6-8-18-19(12-15)25-14-24-18;/h6-9,12,16-17H,4-5,10-11,13-14H2,1-3H3;1H. The molecule has 1 fully saturated rings. The van der Waals surface area contributed by atoms with Gasteiger partial charge >= 0.3 is 0 Å². The van der Waals surface area contributed by atoms with Gasteiger partial charge in [0.05, 0.1) is 0 Å². The van der Waals surface area contributed by atoms with E-state index in [0.717, 1.165) is 36.6 Å². The molecule has 0 saturated carbocycles. The molecule has 2 aliphatic heterocycles. The highest BCUT2D eigenvalue weighted by Crippen LogP contribution is 2.32. The van der Waals surface area contributed by atoms with E-state index in [2.05, 4.69) is 18.7 Å². The summed E-state index contributed by atoms with van der Waals surface area (Å²) in [7, 11) is 1.91. The molecule has 1 amide bonds. The molecule has 5 nitrogen and oxygen atoms in total. The Morgan fingerprint density at radius 1 is 1.31 bits per heavy atom. The van der Waals surface area contributed by atoms with Gasteiger partial charge in [0.1, 0.15) is 0 Å². The Morgan fingerprint density at radius 3 is 2.77 bits per heavy atom. The van der Waals surface area contributed by atoms with Gasteiger partial charge in [-0.05, 0) is 43.0 Å².